The molecule has 1 aliphatic rings. The molecule has 7 heteroatoms. The fourth-order valence-corrected chi connectivity index (χ4v) is 5.65. The molecule has 0 saturated carbocycles. The molecule has 6 nitrogen and oxygen atoms in total. The summed E-state index contributed by atoms with van der Waals surface area (Å²) in [5.74, 6) is -0.936. The van der Waals surface area contributed by atoms with Crippen molar-refractivity contribution in [2.45, 2.75) is 37.1 Å². The first kappa shape index (κ1) is 21.9. The van der Waals surface area contributed by atoms with Crippen LogP contribution in [0.5, 0.6) is 0 Å². The molecule has 1 aromatic heterocycles. The van der Waals surface area contributed by atoms with Gasteiger partial charge in [0, 0.05) is 24.7 Å². The van der Waals surface area contributed by atoms with E-state index in [9.17, 15) is 18.3 Å². The maximum atomic E-state index is 13.4. The molecule has 0 radical (unpaired) electrons. The lowest BCUT2D eigenvalue weighted by Crippen LogP contribution is -2.43. The predicted molar refractivity (Wildman–Crippen MR) is 125 cm³/mol. The van der Waals surface area contributed by atoms with Crippen LogP contribution in [0.1, 0.15) is 30.2 Å². The molecule has 0 spiro atoms. The lowest BCUT2D eigenvalue weighted by atomic mass is 10.00. The topological polar surface area (TPSA) is 79.6 Å². The Balaban J connectivity index is 1.82. The summed E-state index contributed by atoms with van der Waals surface area (Å²) >= 11 is 0. The van der Waals surface area contributed by atoms with Crippen LogP contribution in [0.3, 0.4) is 0 Å². The molecular weight excluding hydrogens is 424 g/mol. The monoisotopic (exact) mass is 450 g/mol. The van der Waals surface area contributed by atoms with Crippen molar-refractivity contribution in [1.29, 1.82) is 0 Å². The second kappa shape index (κ2) is 9.04. The van der Waals surface area contributed by atoms with Crippen LogP contribution >= 0.6 is 0 Å². The highest BCUT2D eigenvalue weighted by atomic mass is 32.2. The molecule has 166 valence electrons. The molecule has 0 aliphatic heterocycles. The third-order valence-electron chi connectivity index (χ3n) is 5.82. The third kappa shape index (κ3) is 4.08. The lowest BCUT2D eigenvalue weighted by molar-refractivity contribution is -0.138. The molecule has 1 N–H and O–H groups in total. The van der Waals surface area contributed by atoms with Gasteiger partial charge in [0.1, 0.15) is 6.04 Å². The van der Waals surface area contributed by atoms with E-state index in [0.717, 1.165) is 17.5 Å². The average molecular weight is 451 g/mol. The summed E-state index contributed by atoms with van der Waals surface area (Å²) in [4.78, 5) is 14.3. The van der Waals surface area contributed by atoms with Crippen LogP contribution in [0.25, 0.3) is 6.08 Å². The number of rotatable bonds is 8. The number of hydrogen-bond donors (Lipinski definition) is 1. The first-order valence-electron chi connectivity index (χ1n) is 10.7. The van der Waals surface area contributed by atoms with Gasteiger partial charge in [-0.05, 0) is 43.5 Å². The number of carboxylic acid groups (broad SMARTS) is 1. The number of nitrogens with zero attached hydrogens (tertiary/aromatic N) is 2. The zero-order valence-electron chi connectivity index (χ0n) is 17.9. The Hall–Kier alpha value is -3.32. The Morgan fingerprint density at radius 1 is 1.09 bits per heavy atom. The Bertz CT molecular complexity index is 1230. The van der Waals surface area contributed by atoms with Crippen molar-refractivity contribution in [1.82, 2.24) is 3.97 Å². The van der Waals surface area contributed by atoms with E-state index in [0.29, 0.717) is 30.8 Å². The van der Waals surface area contributed by atoms with E-state index in [-0.39, 0.29) is 4.90 Å². The van der Waals surface area contributed by atoms with Gasteiger partial charge in [0.05, 0.1) is 16.3 Å². The van der Waals surface area contributed by atoms with Crippen LogP contribution in [0.4, 0.5) is 5.69 Å². The summed E-state index contributed by atoms with van der Waals surface area (Å²) in [5.41, 5.74) is 3.05. The van der Waals surface area contributed by atoms with Crippen LogP contribution in [-0.2, 0) is 27.7 Å². The van der Waals surface area contributed by atoms with Gasteiger partial charge in [0.2, 0.25) is 0 Å². The van der Waals surface area contributed by atoms with E-state index in [1.54, 1.807) is 36.5 Å². The minimum absolute atomic E-state index is 0.199. The summed E-state index contributed by atoms with van der Waals surface area (Å²) in [5, 5.41) is 10.1. The molecule has 1 heterocycles. The normalized spacial score (nSPS) is 14.0. The average Bonchev–Trinajstić information content (AvgIpc) is 3.20. The van der Waals surface area contributed by atoms with Gasteiger partial charge in [-0.3, -0.25) is 0 Å². The molecule has 1 aliphatic carbocycles. The zero-order chi connectivity index (χ0) is 22.7. The van der Waals surface area contributed by atoms with E-state index < -0.39 is 22.0 Å². The number of allylic oxidation sites excluding steroid dienone is 1. The molecular formula is C25H26N2O4S. The maximum absolute atomic E-state index is 13.4. The Morgan fingerprint density at radius 3 is 2.38 bits per heavy atom. The molecule has 2 aromatic carbocycles. The summed E-state index contributed by atoms with van der Waals surface area (Å²) in [6.07, 6.45) is 7.13. The number of carbonyl (C=O) groups is 1. The lowest BCUT2D eigenvalue weighted by Gasteiger charge is -2.30. The summed E-state index contributed by atoms with van der Waals surface area (Å²) < 4.78 is 28.1. The van der Waals surface area contributed by atoms with Gasteiger partial charge in [-0.15, -0.1) is 0 Å². The summed E-state index contributed by atoms with van der Waals surface area (Å²) in [6, 6.07) is 17.0. The van der Waals surface area contributed by atoms with Crippen molar-refractivity contribution in [2.24, 2.45) is 0 Å². The maximum Gasteiger partial charge on any atom is 0.326 e. The van der Waals surface area contributed by atoms with Gasteiger partial charge >= 0.3 is 5.97 Å². The molecule has 0 unspecified atom stereocenters. The van der Waals surface area contributed by atoms with Crippen LogP contribution in [0.2, 0.25) is 0 Å². The van der Waals surface area contributed by atoms with Gasteiger partial charge in [-0.2, -0.15) is 0 Å². The van der Waals surface area contributed by atoms with Crippen molar-refractivity contribution in [3.63, 3.8) is 0 Å². The van der Waals surface area contributed by atoms with Gasteiger partial charge in [-0.1, -0.05) is 54.6 Å². The largest absolute Gasteiger partial charge is 0.480 e. The van der Waals surface area contributed by atoms with Gasteiger partial charge in [0.25, 0.3) is 10.0 Å². The highest BCUT2D eigenvalue weighted by molar-refractivity contribution is 7.90. The van der Waals surface area contributed by atoms with Crippen LogP contribution in [0, 0.1) is 0 Å². The van der Waals surface area contributed by atoms with Crippen LogP contribution < -0.4 is 4.90 Å². The smallest absolute Gasteiger partial charge is 0.326 e. The van der Waals surface area contributed by atoms with Crippen molar-refractivity contribution in [3.8, 4) is 0 Å². The van der Waals surface area contributed by atoms with Crippen LogP contribution in [0.15, 0.2) is 77.8 Å². The number of anilines is 1. The summed E-state index contributed by atoms with van der Waals surface area (Å²) in [7, 11) is -3.81. The molecule has 0 bridgehead atoms. The van der Waals surface area contributed by atoms with Crippen molar-refractivity contribution < 1.29 is 18.3 Å². The number of benzene rings is 2. The number of aromatic nitrogens is 1. The zero-order valence-corrected chi connectivity index (χ0v) is 18.7. The van der Waals surface area contributed by atoms with Gasteiger partial charge in [0.15, 0.2) is 0 Å². The highest BCUT2D eigenvalue weighted by Gasteiger charge is 2.32. The molecule has 3 aromatic rings. The fourth-order valence-electron chi connectivity index (χ4n) is 4.25. The standard InChI is InChI=1S/C25H26N2O4S/c1-2-26(23(25(28)29)17-19-11-5-3-6-12-19)24-18-27(22-16-10-9-15-21(22)24)32(30,31)20-13-7-4-8-14-20/h3-8,10-14,16,18,23H,2,9,15,17H2,1H3,(H,28,29)/t23-/m0/s1. The van der Waals surface area contributed by atoms with Gasteiger partial charge < -0.3 is 10.0 Å². The van der Waals surface area contributed by atoms with Crippen molar-refractivity contribution >= 4 is 27.8 Å². The van der Waals surface area contributed by atoms with Gasteiger partial charge in [-0.25, -0.2) is 17.2 Å². The SMILES string of the molecule is CCN(c1cn(S(=O)(=O)c2ccccc2)c2c1CCC=C2)[C@@H](Cc1ccccc1)C(=O)O. The minimum Gasteiger partial charge on any atom is -0.480 e. The number of carboxylic acids is 1. The molecule has 1 atom stereocenters. The van der Waals surface area contributed by atoms with Crippen LogP contribution in [-0.4, -0.2) is 36.1 Å². The molecule has 32 heavy (non-hydrogen) atoms. The van der Waals surface area contributed by atoms with E-state index in [1.165, 1.54) is 3.97 Å². The second-order valence-electron chi connectivity index (χ2n) is 7.76. The third-order valence-corrected chi connectivity index (χ3v) is 7.50. The fraction of sp³-hybridized carbons (Fsp3) is 0.240. The molecule has 0 fully saturated rings. The number of fused-ring (bicyclic) bond motifs is 1. The van der Waals surface area contributed by atoms with Crippen molar-refractivity contribution in [2.75, 3.05) is 11.4 Å². The number of aliphatic carboxylic acids is 1. The first-order valence-corrected chi connectivity index (χ1v) is 12.1. The molecule has 4 rings (SSSR count). The Morgan fingerprint density at radius 2 is 1.75 bits per heavy atom. The Labute approximate surface area is 188 Å². The molecule has 0 amide bonds. The van der Waals surface area contributed by atoms with E-state index in [4.69, 9.17) is 0 Å². The van der Waals surface area contributed by atoms with E-state index in [2.05, 4.69) is 0 Å². The predicted octanol–water partition coefficient (Wildman–Crippen LogP) is 4.21. The van der Waals surface area contributed by atoms with Crippen molar-refractivity contribution in [3.05, 3.63) is 89.8 Å². The number of likely N-dealkylation sites (N-methyl/N-ethyl adjacent to an activating group) is 1. The second-order valence-corrected chi connectivity index (χ2v) is 9.58. The minimum atomic E-state index is -3.81. The highest BCUT2D eigenvalue weighted by Crippen LogP contribution is 2.35. The molecule has 0 saturated heterocycles. The summed E-state index contributed by atoms with van der Waals surface area (Å²) in [6.45, 7) is 2.34. The van der Waals surface area contributed by atoms with E-state index in [1.807, 2.05) is 54.3 Å². The first-order chi connectivity index (χ1) is 15.4. The quantitative estimate of drug-likeness (QED) is 0.556. The van der Waals surface area contributed by atoms with E-state index >= 15 is 0 Å². The number of hydrogen-bond acceptors (Lipinski definition) is 4. The Kier molecular flexibility index (Phi) is 6.19.